The lowest BCUT2D eigenvalue weighted by Gasteiger charge is -2.34. The molecule has 3 rings (SSSR count). The second-order valence-electron chi connectivity index (χ2n) is 5.75. The molecule has 2 heterocycles. The summed E-state index contributed by atoms with van der Waals surface area (Å²) in [5.41, 5.74) is 0.887. The highest BCUT2D eigenvalue weighted by atomic mass is 16.1. The van der Waals surface area contributed by atoms with Crippen molar-refractivity contribution in [3.63, 3.8) is 0 Å². The fourth-order valence-electron chi connectivity index (χ4n) is 3.34. The van der Waals surface area contributed by atoms with E-state index < -0.39 is 0 Å². The van der Waals surface area contributed by atoms with Crippen LogP contribution in [0.5, 0.6) is 0 Å². The second-order valence-corrected chi connectivity index (χ2v) is 5.75. The number of piperazine rings is 1. The van der Waals surface area contributed by atoms with E-state index in [1.807, 2.05) is 35.8 Å². The van der Waals surface area contributed by atoms with Crippen molar-refractivity contribution in [3.8, 4) is 0 Å². The Morgan fingerprint density at radius 3 is 2.64 bits per heavy atom. The lowest BCUT2D eigenvalue weighted by atomic mass is 10.1. The van der Waals surface area contributed by atoms with Gasteiger partial charge >= 0.3 is 0 Å². The Bertz CT molecular complexity index is 703. The third-order valence-electron chi connectivity index (χ3n) is 4.48. The van der Waals surface area contributed by atoms with Crippen LogP contribution in [0.4, 0.5) is 0 Å². The van der Waals surface area contributed by atoms with Crippen LogP contribution < -0.4 is 10.9 Å². The van der Waals surface area contributed by atoms with Crippen molar-refractivity contribution < 1.29 is 0 Å². The monoisotopic (exact) mass is 300 g/mol. The molecule has 1 aliphatic heterocycles. The first kappa shape index (κ1) is 15.2. The fraction of sp³-hybridized carbons (Fsp3) is 0.529. The molecule has 1 N–H and O–H groups in total. The van der Waals surface area contributed by atoms with Gasteiger partial charge < -0.3 is 5.32 Å². The first-order valence-electron chi connectivity index (χ1n) is 8.20. The highest BCUT2D eigenvalue weighted by Crippen LogP contribution is 2.23. The molecule has 0 saturated carbocycles. The van der Waals surface area contributed by atoms with Crippen LogP contribution in [0.25, 0.3) is 10.9 Å². The van der Waals surface area contributed by atoms with E-state index in [1.165, 1.54) is 0 Å². The number of benzene rings is 1. The van der Waals surface area contributed by atoms with E-state index in [0.29, 0.717) is 11.9 Å². The van der Waals surface area contributed by atoms with Crippen molar-refractivity contribution in [1.82, 2.24) is 19.8 Å². The van der Waals surface area contributed by atoms with Crippen molar-refractivity contribution in [2.24, 2.45) is 0 Å². The smallest absolute Gasteiger partial charge is 0.261 e. The summed E-state index contributed by atoms with van der Waals surface area (Å²) in [6.07, 6.45) is 0.963. The topological polar surface area (TPSA) is 50.2 Å². The van der Waals surface area contributed by atoms with Crippen molar-refractivity contribution in [3.05, 3.63) is 40.4 Å². The van der Waals surface area contributed by atoms with Crippen molar-refractivity contribution in [1.29, 1.82) is 0 Å². The van der Waals surface area contributed by atoms with Gasteiger partial charge in [-0.1, -0.05) is 19.1 Å². The van der Waals surface area contributed by atoms with Gasteiger partial charge in [0, 0.05) is 32.7 Å². The largest absolute Gasteiger partial charge is 0.314 e. The van der Waals surface area contributed by atoms with E-state index >= 15 is 0 Å². The quantitative estimate of drug-likeness (QED) is 0.935. The van der Waals surface area contributed by atoms with Crippen LogP contribution in [0.3, 0.4) is 0 Å². The molecule has 1 fully saturated rings. The Hall–Kier alpha value is -1.72. The third-order valence-corrected chi connectivity index (χ3v) is 4.48. The number of para-hydroxylation sites is 1. The van der Waals surface area contributed by atoms with E-state index in [0.717, 1.165) is 43.9 Å². The summed E-state index contributed by atoms with van der Waals surface area (Å²) in [7, 11) is 0. The SMILES string of the molecule is CCC(c1nc2ccccc2c(=O)n1CC)N1CCNCC1. The van der Waals surface area contributed by atoms with Gasteiger partial charge in [0.15, 0.2) is 0 Å². The van der Waals surface area contributed by atoms with Crippen LogP contribution in [0.15, 0.2) is 29.1 Å². The molecule has 0 amide bonds. The van der Waals surface area contributed by atoms with E-state index in [4.69, 9.17) is 4.98 Å². The molecule has 118 valence electrons. The Balaban J connectivity index is 2.13. The van der Waals surface area contributed by atoms with Crippen LogP contribution in [-0.4, -0.2) is 40.6 Å². The molecular weight excluding hydrogens is 276 g/mol. The Morgan fingerprint density at radius 1 is 1.23 bits per heavy atom. The predicted molar refractivity (Wildman–Crippen MR) is 89.2 cm³/mol. The summed E-state index contributed by atoms with van der Waals surface area (Å²) in [6.45, 7) is 8.87. The molecular formula is C17H24N4O. The normalized spacial score (nSPS) is 17.7. The van der Waals surface area contributed by atoms with Crippen LogP contribution in [0.2, 0.25) is 0 Å². The highest BCUT2D eigenvalue weighted by Gasteiger charge is 2.25. The fourth-order valence-corrected chi connectivity index (χ4v) is 3.34. The standard InChI is InChI=1S/C17H24N4O/c1-3-15(20-11-9-18-10-12-20)16-19-14-8-6-5-7-13(14)17(22)21(16)4-2/h5-8,15,18H,3-4,9-12H2,1-2H3. The molecule has 2 aromatic rings. The molecule has 0 spiro atoms. The number of nitrogens with zero attached hydrogens (tertiary/aromatic N) is 3. The van der Waals surface area contributed by atoms with E-state index in [-0.39, 0.29) is 11.6 Å². The first-order chi connectivity index (χ1) is 10.8. The molecule has 0 radical (unpaired) electrons. The minimum Gasteiger partial charge on any atom is -0.314 e. The van der Waals surface area contributed by atoms with Crippen molar-refractivity contribution >= 4 is 10.9 Å². The molecule has 1 aliphatic rings. The number of nitrogens with one attached hydrogen (secondary N) is 1. The Labute approximate surface area is 131 Å². The summed E-state index contributed by atoms with van der Waals surface area (Å²) < 4.78 is 1.85. The van der Waals surface area contributed by atoms with Gasteiger partial charge in [-0.25, -0.2) is 4.98 Å². The number of rotatable bonds is 4. The summed E-state index contributed by atoms with van der Waals surface area (Å²) in [6, 6.07) is 7.86. The first-order valence-corrected chi connectivity index (χ1v) is 8.20. The number of hydrogen-bond donors (Lipinski definition) is 1. The zero-order valence-electron chi connectivity index (χ0n) is 13.4. The minimum atomic E-state index is 0.0803. The van der Waals surface area contributed by atoms with E-state index in [2.05, 4.69) is 17.1 Å². The zero-order chi connectivity index (χ0) is 15.5. The molecule has 1 aromatic heterocycles. The maximum absolute atomic E-state index is 12.8. The summed E-state index contributed by atoms with van der Waals surface area (Å²) in [5.74, 6) is 0.913. The molecule has 0 aliphatic carbocycles. The predicted octanol–water partition coefficient (Wildman–Crippen LogP) is 1.77. The molecule has 5 nitrogen and oxygen atoms in total. The number of hydrogen-bond acceptors (Lipinski definition) is 4. The van der Waals surface area contributed by atoms with E-state index in [1.54, 1.807) is 0 Å². The Kier molecular flexibility index (Phi) is 4.55. The number of fused-ring (bicyclic) bond motifs is 1. The lowest BCUT2D eigenvalue weighted by Crippen LogP contribution is -2.46. The van der Waals surface area contributed by atoms with Crippen LogP contribution >= 0.6 is 0 Å². The molecule has 1 saturated heterocycles. The van der Waals surface area contributed by atoms with Gasteiger partial charge in [-0.2, -0.15) is 0 Å². The van der Waals surface area contributed by atoms with Gasteiger partial charge in [0.05, 0.1) is 16.9 Å². The molecule has 0 bridgehead atoms. The molecule has 22 heavy (non-hydrogen) atoms. The third kappa shape index (κ3) is 2.66. The van der Waals surface area contributed by atoms with Crippen LogP contribution in [-0.2, 0) is 6.54 Å². The summed E-state index contributed by atoms with van der Waals surface area (Å²) in [4.78, 5) is 20.1. The van der Waals surface area contributed by atoms with Crippen molar-refractivity contribution in [2.75, 3.05) is 26.2 Å². The molecule has 1 aromatic carbocycles. The van der Waals surface area contributed by atoms with Gasteiger partial charge in [0.2, 0.25) is 0 Å². The van der Waals surface area contributed by atoms with Gasteiger partial charge in [-0.15, -0.1) is 0 Å². The van der Waals surface area contributed by atoms with Crippen LogP contribution in [0, 0.1) is 0 Å². The highest BCUT2D eigenvalue weighted by molar-refractivity contribution is 5.77. The average Bonchev–Trinajstić information content (AvgIpc) is 2.57. The maximum atomic E-state index is 12.8. The van der Waals surface area contributed by atoms with Crippen LogP contribution in [0.1, 0.15) is 32.1 Å². The van der Waals surface area contributed by atoms with Gasteiger partial charge in [-0.05, 0) is 25.5 Å². The number of aromatic nitrogens is 2. The molecule has 1 unspecified atom stereocenters. The lowest BCUT2D eigenvalue weighted by molar-refractivity contribution is 0.158. The van der Waals surface area contributed by atoms with Crippen molar-refractivity contribution in [2.45, 2.75) is 32.9 Å². The average molecular weight is 300 g/mol. The summed E-state index contributed by atoms with van der Waals surface area (Å²) in [5, 5.41) is 4.10. The molecule has 5 heteroatoms. The minimum absolute atomic E-state index is 0.0803. The van der Waals surface area contributed by atoms with Gasteiger partial charge in [-0.3, -0.25) is 14.3 Å². The zero-order valence-corrected chi connectivity index (χ0v) is 13.4. The maximum Gasteiger partial charge on any atom is 0.261 e. The Morgan fingerprint density at radius 2 is 1.95 bits per heavy atom. The molecule has 1 atom stereocenters. The second kappa shape index (κ2) is 6.58. The van der Waals surface area contributed by atoms with E-state index in [9.17, 15) is 4.79 Å². The summed E-state index contributed by atoms with van der Waals surface area (Å²) >= 11 is 0. The van der Waals surface area contributed by atoms with Gasteiger partial charge in [0.1, 0.15) is 5.82 Å². The van der Waals surface area contributed by atoms with Gasteiger partial charge in [0.25, 0.3) is 5.56 Å².